The van der Waals surface area contributed by atoms with Crippen LogP contribution in [-0.2, 0) is 11.1 Å². The summed E-state index contributed by atoms with van der Waals surface area (Å²) in [5, 5.41) is 0. The summed E-state index contributed by atoms with van der Waals surface area (Å²) in [6.07, 6.45) is 24.7. The first-order chi connectivity index (χ1) is 38.2. The molecule has 0 N–H and O–H groups in total. The Labute approximate surface area is 538 Å². The smallest absolute Gasteiger partial charge is 1.00 e. The Morgan fingerprint density at radius 1 is 0.400 bits per heavy atom. The molecule has 80 heavy (non-hydrogen) atoms. The van der Waals surface area contributed by atoms with Crippen molar-refractivity contribution in [3.8, 4) is 0 Å². The van der Waals surface area contributed by atoms with Crippen LogP contribution in [0.5, 0.6) is 0 Å². The third-order valence-electron chi connectivity index (χ3n) is 15.6. The minimum atomic E-state index is -2.68. The first-order valence-corrected chi connectivity index (χ1v) is 47.9. The molecule has 0 aliphatic heterocycles. The average Bonchev–Trinajstić information content (AvgIpc) is 4.34. The number of rotatable bonds is 27. The van der Waals surface area contributed by atoms with Crippen molar-refractivity contribution in [2.75, 3.05) is 0 Å². The molecule has 0 radical (unpaired) electrons. The van der Waals surface area contributed by atoms with Crippen LogP contribution in [0.1, 0.15) is 159 Å². The number of unbranched alkanes of at least 4 members (excludes halogenated alkanes) is 6. The number of nitrogens with zero attached hydrogens (tertiary/aromatic N) is 4. The van der Waals surface area contributed by atoms with Crippen molar-refractivity contribution in [3.05, 3.63) is 251 Å². The van der Waals surface area contributed by atoms with Gasteiger partial charge in [-0.15, -0.1) is 0 Å². The SMILES string of the molecule is CCC[CH2][Sn]([CH2]CCC)([CH2]CCC)[c]1cn(C(c2ccccc2)(c2ccccc2)c2ccccc2)cn1.CCC[CH2][Sn]([Cl])([CH2]CCC)[CH2]CCC.Ic1cn(C(c2ccccc2)(c2ccccc2)c2ccccc2)cn1.[Br-].[CH2-]C.[Mg+2]. The topological polar surface area (TPSA) is 35.6 Å². The van der Waals surface area contributed by atoms with Crippen LogP contribution in [0.25, 0.3) is 0 Å². The maximum Gasteiger partial charge on any atom is 2.00 e. The fourth-order valence-corrected chi connectivity index (χ4v) is 40.4. The molecular formula is C70H93BrClIMgN4Sn2. The summed E-state index contributed by atoms with van der Waals surface area (Å²) in [6, 6.07) is 64.9. The van der Waals surface area contributed by atoms with Gasteiger partial charge in [0.2, 0.25) is 0 Å². The molecule has 2 heterocycles. The Morgan fingerprint density at radius 3 is 0.875 bits per heavy atom. The third kappa shape index (κ3) is 19.3. The Bertz CT molecular complexity index is 2550. The van der Waals surface area contributed by atoms with E-state index in [1.807, 2.05) is 6.33 Å². The molecule has 0 aliphatic rings. The first-order valence-electron chi connectivity index (χ1n) is 29.7. The van der Waals surface area contributed by atoms with Crippen LogP contribution in [-0.4, -0.2) is 77.8 Å². The van der Waals surface area contributed by atoms with E-state index in [0.29, 0.717) is 0 Å². The Balaban J connectivity index is 0.000000338. The zero-order valence-corrected chi connectivity index (χ0v) is 61.3. The number of hydrogen-bond donors (Lipinski definition) is 0. The van der Waals surface area contributed by atoms with Crippen LogP contribution in [0.15, 0.2) is 207 Å². The molecule has 10 heteroatoms. The van der Waals surface area contributed by atoms with Crippen molar-refractivity contribution in [1.29, 1.82) is 0 Å². The first kappa shape index (κ1) is 71.9. The minimum Gasteiger partial charge on any atom is -1.00 e. The predicted molar refractivity (Wildman–Crippen MR) is 358 cm³/mol. The number of halogens is 3. The van der Waals surface area contributed by atoms with Crippen molar-refractivity contribution in [3.63, 3.8) is 0 Å². The van der Waals surface area contributed by atoms with E-state index in [9.17, 15) is 0 Å². The molecule has 424 valence electrons. The van der Waals surface area contributed by atoms with E-state index in [2.05, 4.69) is 286 Å². The second kappa shape index (κ2) is 39.3. The quantitative estimate of drug-likeness (QED) is 0.0223. The van der Waals surface area contributed by atoms with Crippen LogP contribution >= 0.6 is 31.5 Å². The summed E-state index contributed by atoms with van der Waals surface area (Å²) in [4.78, 5) is 9.85. The Hall–Kier alpha value is -2.40. The molecule has 6 aromatic carbocycles. The van der Waals surface area contributed by atoms with Gasteiger partial charge in [0.15, 0.2) is 0 Å². The summed E-state index contributed by atoms with van der Waals surface area (Å²) in [5.74, 6) is 0. The van der Waals surface area contributed by atoms with Crippen molar-refractivity contribution in [2.45, 2.75) is 163 Å². The maximum atomic E-state index is 6.89. The van der Waals surface area contributed by atoms with Gasteiger partial charge in [-0.1, -0.05) is 91.0 Å². The largest absolute Gasteiger partial charge is 2.00 e. The molecule has 0 fully saturated rings. The van der Waals surface area contributed by atoms with Crippen LogP contribution in [0.3, 0.4) is 0 Å². The fourth-order valence-electron chi connectivity index (χ4n) is 11.4. The molecule has 2 aromatic heterocycles. The maximum absolute atomic E-state index is 6.89. The van der Waals surface area contributed by atoms with E-state index < -0.39 is 46.7 Å². The molecule has 8 rings (SSSR count). The molecule has 0 spiro atoms. The van der Waals surface area contributed by atoms with Gasteiger partial charge < -0.3 is 28.5 Å². The van der Waals surface area contributed by atoms with E-state index in [1.165, 1.54) is 141 Å². The average molecular weight is 1490 g/mol. The molecule has 0 atom stereocenters. The van der Waals surface area contributed by atoms with E-state index >= 15 is 0 Å². The summed E-state index contributed by atoms with van der Waals surface area (Å²) in [6.45, 7) is 18.9. The van der Waals surface area contributed by atoms with Crippen LogP contribution in [0, 0.1) is 10.6 Å². The second-order valence-electron chi connectivity index (χ2n) is 20.9. The number of benzene rings is 6. The number of aromatic nitrogens is 4. The molecular weight excluding hydrogens is 1400 g/mol. The summed E-state index contributed by atoms with van der Waals surface area (Å²) in [5.41, 5.74) is 6.52. The van der Waals surface area contributed by atoms with Gasteiger partial charge in [-0.3, -0.25) is 0 Å². The van der Waals surface area contributed by atoms with E-state index in [1.54, 1.807) is 6.92 Å². The normalized spacial score (nSPS) is 11.3. The fraction of sp³-hybridized carbons (Fsp3) is 0.386. The minimum absolute atomic E-state index is 0. The monoisotopic (exact) mass is 1490 g/mol. The van der Waals surface area contributed by atoms with E-state index in [0.717, 1.165) is 3.70 Å². The molecule has 0 saturated heterocycles. The van der Waals surface area contributed by atoms with Gasteiger partial charge in [-0.25, -0.2) is 4.98 Å². The Morgan fingerprint density at radius 2 is 0.637 bits per heavy atom. The molecule has 4 nitrogen and oxygen atoms in total. The van der Waals surface area contributed by atoms with Crippen LogP contribution in [0.2, 0.25) is 26.6 Å². The van der Waals surface area contributed by atoms with Gasteiger partial charge >= 0.3 is 352 Å². The van der Waals surface area contributed by atoms with Crippen molar-refractivity contribution in [1.82, 2.24) is 19.1 Å². The van der Waals surface area contributed by atoms with Crippen LogP contribution < -0.4 is 20.7 Å². The van der Waals surface area contributed by atoms with Gasteiger partial charge in [0.05, 0.1) is 6.33 Å². The summed E-state index contributed by atoms with van der Waals surface area (Å²) >= 11 is -2.51. The summed E-state index contributed by atoms with van der Waals surface area (Å²) < 4.78 is 15.7. The molecule has 0 aliphatic carbocycles. The molecule has 8 aromatic rings. The van der Waals surface area contributed by atoms with Crippen LogP contribution in [0.4, 0.5) is 0 Å². The summed E-state index contributed by atoms with van der Waals surface area (Å²) in [7, 11) is 6.89. The zero-order valence-electron chi connectivity index (χ0n) is 49.7. The van der Waals surface area contributed by atoms with Crippen molar-refractivity contribution in [2.24, 2.45) is 0 Å². The Kier molecular flexibility index (Phi) is 35.3. The van der Waals surface area contributed by atoms with Gasteiger partial charge in [-0.05, 0) is 39.3 Å². The second-order valence-corrected chi connectivity index (χ2v) is 51.3. The van der Waals surface area contributed by atoms with Crippen molar-refractivity contribution < 1.29 is 17.0 Å². The third-order valence-corrected chi connectivity index (χ3v) is 45.7. The number of hydrogen-bond acceptors (Lipinski definition) is 2. The van der Waals surface area contributed by atoms with Gasteiger partial charge in [0, 0.05) is 6.20 Å². The van der Waals surface area contributed by atoms with Gasteiger partial charge in [0.1, 0.15) is 9.24 Å². The number of imidazole rings is 2. The van der Waals surface area contributed by atoms with Crippen molar-refractivity contribution >= 4 is 93.9 Å². The molecule has 0 bridgehead atoms. The standard InChI is InChI=1S/C22H17IN2.C22H17N2.6C4H9.C2H5.BrH.ClH.Mg.2Sn/c23-21-16-25(17-24-21)22(18-10-4-1-5-11-18,19-12-6-2-7-13-19)20-14-8-3-9-15-20;1-4-10-19(11-5-1)22(24-17-16-23-18-24,20-12-6-2-7-13-20)21-14-8-3-9-15-21;6*1-3-4-2;1-2;;;;;/h1-17H;1-15,17-18H;6*1,3-4H2,2H3;1H2,2H3;2*1H;;;/q;;;;;;;;-1;;;+2;;+1/p-2. The van der Waals surface area contributed by atoms with Gasteiger partial charge in [0.25, 0.3) is 0 Å². The molecule has 0 saturated carbocycles. The molecule has 0 amide bonds. The zero-order chi connectivity index (χ0) is 56.0. The van der Waals surface area contributed by atoms with E-state index in [-0.39, 0.29) is 40.0 Å². The molecule has 0 unspecified atom stereocenters. The van der Waals surface area contributed by atoms with E-state index in [4.69, 9.17) is 13.9 Å². The predicted octanol–water partition coefficient (Wildman–Crippen LogP) is 17.1. The van der Waals surface area contributed by atoms with Gasteiger partial charge in [-0.2, -0.15) is 6.92 Å².